The van der Waals surface area contributed by atoms with Crippen LogP contribution in [-0.2, 0) is 4.74 Å². The summed E-state index contributed by atoms with van der Waals surface area (Å²) < 4.78 is 6.68. The first-order valence-electron chi connectivity index (χ1n) is 14.5. The minimum atomic E-state index is -0.469. The largest absolute Gasteiger partial charge is 0.393 e. The molecule has 5 aliphatic carbocycles. The van der Waals surface area contributed by atoms with Gasteiger partial charge in [0.2, 0.25) is 0 Å². The van der Waals surface area contributed by atoms with Crippen molar-refractivity contribution in [2.45, 2.75) is 130 Å². The quantitative estimate of drug-likeness (QED) is 0.516. The van der Waals surface area contributed by atoms with E-state index in [9.17, 15) is 15.3 Å². The third kappa shape index (κ3) is 2.51. The Morgan fingerprint density at radius 2 is 1.53 bits per heavy atom. The van der Waals surface area contributed by atoms with Crippen molar-refractivity contribution in [1.82, 2.24) is 0 Å². The number of rotatable bonds is 2. The Kier molecular flexibility index (Phi) is 5.00. The Hall–Kier alpha value is -0.160. The Bertz CT molecular complexity index is 855. The van der Waals surface area contributed by atoms with Gasteiger partial charge in [0.15, 0.2) is 0 Å². The van der Waals surface area contributed by atoms with Gasteiger partial charge < -0.3 is 20.1 Å². The zero-order valence-electron chi connectivity index (χ0n) is 22.7. The topological polar surface area (TPSA) is 69.9 Å². The number of aliphatic hydroxyl groups is 3. The van der Waals surface area contributed by atoms with Crippen LogP contribution in [-0.4, -0.2) is 45.8 Å². The Balaban J connectivity index is 1.37. The minimum Gasteiger partial charge on any atom is -0.393 e. The average molecular weight is 475 g/mol. The Morgan fingerprint density at radius 1 is 0.882 bits per heavy atom. The van der Waals surface area contributed by atoms with Gasteiger partial charge in [-0.2, -0.15) is 0 Å². The monoisotopic (exact) mass is 474 g/mol. The van der Waals surface area contributed by atoms with Crippen molar-refractivity contribution in [3.05, 3.63) is 0 Å². The second-order valence-corrected chi connectivity index (χ2v) is 15.3. The first-order chi connectivity index (χ1) is 15.8. The van der Waals surface area contributed by atoms with E-state index in [1.165, 1.54) is 38.5 Å². The van der Waals surface area contributed by atoms with Crippen LogP contribution in [0.25, 0.3) is 0 Å². The van der Waals surface area contributed by atoms with Crippen molar-refractivity contribution in [3.63, 3.8) is 0 Å². The summed E-state index contributed by atoms with van der Waals surface area (Å²) in [7, 11) is 0. The minimum absolute atomic E-state index is 0.00547. The van der Waals surface area contributed by atoms with Gasteiger partial charge in [0.05, 0.1) is 30.5 Å². The molecule has 1 aliphatic heterocycles. The number of aliphatic hydroxyl groups excluding tert-OH is 3. The molecular formula is C30H50O4. The maximum Gasteiger partial charge on any atom is 0.0880 e. The fourth-order valence-corrected chi connectivity index (χ4v) is 12.0. The Morgan fingerprint density at radius 3 is 2.21 bits per heavy atom. The van der Waals surface area contributed by atoms with Gasteiger partial charge >= 0.3 is 0 Å². The zero-order valence-corrected chi connectivity index (χ0v) is 22.7. The molecule has 4 heteroatoms. The molecule has 0 unspecified atom stereocenters. The molecule has 3 N–H and O–H groups in total. The van der Waals surface area contributed by atoms with Crippen molar-refractivity contribution in [3.8, 4) is 0 Å². The van der Waals surface area contributed by atoms with Crippen LogP contribution < -0.4 is 0 Å². The highest BCUT2D eigenvalue weighted by Crippen LogP contribution is 2.89. The van der Waals surface area contributed by atoms with Gasteiger partial charge in [-0.05, 0) is 103 Å². The third-order valence-corrected chi connectivity index (χ3v) is 13.9. The van der Waals surface area contributed by atoms with E-state index in [-0.39, 0.29) is 40.5 Å². The predicted molar refractivity (Wildman–Crippen MR) is 133 cm³/mol. The highest BCUT2D eigenvalue weighted by molar-refractivity contribution is 5.32. The van der Waals surface area contributed by atoms with Gasteiger partial charge in [0.1, 0.15) is 0 Å². The van der Waals surface area contributed by atoms with E-state index < -0.39 is 12.2 Å². The van der Waals surface area contributed by atoms with Crippen LogP contribution in [0, 0.1) is 56.7 Å². The molecule has 4 nitrogen and oxygen atoms in total. The molecule has 1 heterocycles. The molecule has 1 saturated heterocycles. The lowest BCUT2D eigenvalue weighted by Gasteiger charge is -2.63. The maximum atomic E-state index is 12.2. The molecule has 6 fully saturated rings. The highest BCUT2D eigenvalue weighted by atomic mass is 16.5. The van der Waals surface area contributed by atoms with E-state index in [4.69, 9.17) is 4.74 Å². The standard InChI is InChI=1S/C30H50O4/c1-16(2)23(32)18-14-17(3)22-24(34-18)25(33)28(7)20-9-8-19-26(4,5)21(31)10-11-29(19)15-30(20,29)13-12-27(22,28)6/h16-25,31-33H,8-15H2,1-7H3/t17-,18-,19+,20+,21+,22+,23-,24+,25+,27-,28-,29-,30+/m1/s1. The number of hydrogen-bond donors (Lipinski definition) is 3. The molecule has 2 spiro atoms. The van der Waals surface area contributed by atoms with E-state index in [1.807, 2.05) is 0 Å². The van der Waals surface area contributed by atoms with Gasteiger partial charge in [-0.3, -0.25) is 0 Å². The Labute approximate surface area is 207 Å². The van der Waals surface area contributed by atoms with Crippen LogP contribution in [0.3, 0.4) is 0 Å². The predicted octanol–water partition coefficient (Wildman–Crippen LogP) is 5.18. The number of ether oxygens (including phenoxy) is 1. The maximum absolute atomic E-state index is 12.2. The zero-order chi connectivity index (χ0) is 24.6. The van der Waals surface area contributed by atoms with Gasteiger partial charge in [-0.15, -0.1) is 0 Å². The molecule has 194 valence electrons. The molecule has 0 bridgehead atoms. The molecule has 5 saturated carbocycles. The van der Waals surface area contributed by atoms with Gasteiger partial charge in [-0.1, -0.05) is 48.5 Å². The molecular weight excluding hydrogens is 424 g/mol. The van der Waals surface area contributed by atoms with Crippen molar-refractivity contribution < 1.29 is 20.1 Å². The average Bonchev–Trinajstić information content (AvgIpc) is 3.41. The van der Waals surface area contributed by atoms with E-state index in [0.717, 1.165) is 12.8 Å². The molecule has 6 rings (SSSR count). The lowest BCUT2D eigenvalue weighted by molar-refractivity contribution is -0.184. The van der Waals surface area contributed by atoms with Crippen LogP contribution in [0.5, 0.6) is 0 Å². The summed E-state index contributed by atoms with van der Waals surface area (Å²) in [6.45, 7) is 16.0. The van der Waals surface area contributed by atoms with E-state index >= 15 is 0 Å². The SMILES string of the molecule is CC(C)[C@@H](O)[C@H]1C[C@@H](C)[C@H]2[C@H](O1)[C@H](O)[C@@]1(C)[C@@H]3CC[C@H]4C(C)(C)[C@@H](O)CC[C@@]45C[C@@]35CC[C@]21C. The third-order valence-electron chi connectivity index (χ3n) is 13.9. The molecule has 13 atom stereocenters. The molecule has 0 radical (unpaired) electrons. The molecule has 0 aromatic rings. The van der Waals surface area contributed by atoms with Crippen LogP contribution in [0.15, 0.2) is 0 Å². The van der Waals surface area contributed by atoms with Crippen molar-refractivity contribution >= 4 is 0 Å². The first-order valence-corrected chi connectivity index (χ1v) is 14.5. The van der Waals surface area contributed by atoms with Crippen LogP contribution in [0.2, 0.25) is 0 Å². The summed E-state index contributed by atoms with van der Waals surface area (Å²) in [5.41, 5.74) is 0.631. The summed E-state index contributed by atoms with van der Waals surface area (Å²) in [4.78, 5) is 0. The van der Waals surface area contributed by atoms with E-state index in [2.05, 4.69) is 48.5 Å². The summed E-state index contributed by atoms with van der Waals surface area (Å²) >= 11 is 0. The van der Waals surface area contributed by atoms with Crippen LogP contribution in [0.4, 0.5) is 0 Å². The molecule has 0 aromatic carbocycles. The summed E-state index contributed by atoms with van der Waals surface area (Å²) in [6, 6.07) is 0. The fourth-order valence-electron chi connectivity index (χ4n) is 12.0. The molecule has 0 amide bonds. The van der Waals surface area contributed by atoms with Crippen molar-refractivity contribution in [2.24, 2.45) is 56.7 Å². The second kappa shape index (κ2) is 7.03. The van der Waals surface area contributed by atoms with Crippen LogP contribution in [0.1, 0.15) is 99.8 Å². The summed E-state index contributed by atoms with van der Waals surface area (Å²) in [5, 5.41) is 33.9. The second-order valence-electron chi connectivity index (χ2n) is 15.3. The summed E-state index contributed by atoms with van der Waals surface area (Å²) in [5.74, 6) is 2.11. The van der Waals surface area contributed by atoms with Gasteiger partial charge in [-0.25, -0.2) is 0 Å². The highest BCUT2D eigenvalue weighted by Gasteiger charge is 2.84. The first kappa shape index (κ1) is 24.2. The molecule has 6 aliphatic rings. The van der Waals surface area contributed by atoms with E-state index in [0.29, 0.717) is 34.5 Å². The molecule has 0 aromatic heterocycles. The summed E-state index contributed by atoms with van der Waals surface area (Å²) in [6.07, 6.45) is 7.70. The number of fused-ring (bicyclic) bond motifs is 4. The van der Waals surface area contributed by atoms with E-state index in [1.54, 1.807) is 0 Å². The van der Waals surface area contributed by atoms with Crippen molar-refractivity contribution in [2.75, 3.05) is 0 Å². The normalized spacial score (nSPS) is 60.4. The van der Waals surface area contributed by atoms with Gasteiger partial charge in [0.25, 0.3) is 0 Å². The van der Waals surface area contributed by atoms with Gasteiger partial charge in [0, 0.05) is 5.41 Å². The lowest BCUT2D eigenvalue weighted by atomic mass is 9.41. The smallest absolute Gasteiger partial charge is 0.0880 e. The molecule has 34 heavy (non-hydrogen) atoms. The lowest BCUT2D eigenvalue weighted by Crippen LogP contribution is -2.59. The van der Waals surface area contributed by atoms with Crippen molar-refractivity contribution in [1.29, 1.82) is 0 Å². The fraction of sp³-hybridized carbons (Fsp3) is 1.00. The number of hydrogen-bond acceptors (Lipinski definition) is 4. The van der Waals surface area contributed by atoms with Crippen LogP contribution >= 0.6 is 0 Å².